The van der Waals surface area contributed by atoms with E-state index in [-0.39, 0.29) is 12.3 Å². The predicted molar refractivity (Wildman–Crippen MR) is 65.2 cm³/mol. The molecule has 5 nitrogen and oxygen atoms in total. The molecule has 1 heterocycles. The first-order chi connectivity index (χ1) is 7.99. The Morgan fingerprint density at radius 1 is 1.47 bits per heavy atom. The van der Waals surface area contributed by atoms with Crippen LogP contribution in [0.3, 0.4) is 0 Å². The summed E-state index contributed by atoms with van der Waals surface area (Å²) >= 11 is 0. The molecule has 4 N–H and O–H groups in total. The van der Waals surface area contributed by atoms with Gasteiger partial charge in [-0.3, -0.25) is 9.59 Å². The van der Waals surface area contributed by atoms with Crippen molar-refractivity contribution in [3.63, 3.8) is 0 Å². The van der Waals surface area contributed by atoms with E-state index in [1.165, 1.54) is 0 Å². The minimum Gasteiger partial charge on any atom is -0.398 e. The number of aryl methyl sites for hydroxylation is 1. The molecule has 1 atom stereocenters. The van der Waals surface area contributed by atoms with Crippen LogP contribution in [0.2, 0.25) is 0 Å². The Kier molecular flexibility index (Phi) is 2.75. The molecule has 5 heteroatoms. The largest absolute Gasteiger partial charge is 0.398 e. The van der Waals surface area contributed by atoms with E-state index in [0.29, 0.717) is 12.2 Å². The van der Waals surface area contributed by atoms with E-state index in [9.17, 15) is 9.59 Å². The van der Waals surface area contributed by atoms with Crippen LogP contribution >= 0.6 is 0 Å². The number of nitrogens with zero attached hydrogens (tertiary/aromatic N) is 1. The van der Waals surface area contributed by atoms with Crippen molar-refractivity contribution >= 4 is 23.2 Å². The number of carbonyl (C=O) groups excluding carboxylic acids is 2. The monoisotopic (exact) mass is 233 g/mol. The molecule has 0 unspecified atom stereocenters. The number of primary amides is 1. The fourth-order valence-corrected chi connectivity index (χ4v) is 1.94. The second kappa shape index (κ2) is 4.08. The van der Waals surface area contributed by atoms with Gasteiger partial charge in [0.05, 0.1) is 5.92 Å². The van der Waals surface area contributed by atoms with Gasteiger partial charge in [0.15, 0.2) is 0 Å². The van der Waals surface area contributed by atoms with Crippen molar-refractivity contribution in [3.05, 3.63) is 23.8 Å². The summed E-state index contributed by atoms with van der Waals surface area (Å²) in [6.45, 7) is 2.24. The Hall–Kier alpha value is -2.04. The lowest BCUT2D eigenvalue weighted by molar-refractivity contribution is -0.123. The van der Waals surface area contributed by atoms with Crippen molar-refractivity contribution in [2.45, 2.75) is 13.3 Å². The highest BCUT2D eigenvalue weighted by molar-refractivity contribution is 6.00. The molecule has 0 aliphatic carbocycles. The maximum absolute atomic E-state index is 11.8. The van der Waals surface area contributed by atoms with E-state index in [4.69, 9.17) is 11.5 Å². The molecule has 0 saturated carbocycles. The Balaban J connectivity index is 2.26. The molecular formula is C12H15N3O2. The highest BCUT2D eigenvalue weighted by Gasteiger charge is 2.33. The first-order valence-electron chi connectivity index (χ1n) is 5.45. The predicted octanol–water partition coefficient (Wildman–Crippen LogP) is 0.415. The van der Waals surface area contributed by atoms with Crippen molar-refractivity contribution in [2.24, 2.45) is 11.7 Å². The van der Waals surface area contributed by atoms with Gasteiger partial charge in [-0.2, -0.15) is 0 Å². The average Bonchev–Trinajstić information content (AvgIpc) is 2.65. The van der Waals surface area contributed by atoms with Gasteiger partial charge in [-0.25, -0.2) is 0 Å². The summed E-state index contributed by atoms with van der Waals surface area (Å²) in [5.41, 5.74) is 13.3. The van der Waals surface area contributed by atoms with Gasteiger partial charge in [-0.15, -0.1) is 0 Å². The molecule has 1 aromatic carbocycles. The van der Waals surface area contributed by atoms with Crippen LogP contribution in [0.15, 0.2) is 18.2 Å². The van der Waals surface area contributed by atoms with Crippen molar-refractivity contribution in [1.82, 2.24) is 0 Å². The molecule has 1 saturated heterocycles. The normalized spacial score (nSPS) is 19.7. The van der Waals surface area contributed by atoms with Crippen LogP contribution in [0.4, 0.5) is 11.4 Å². The van der Waals surface area contributed by atoms with Crippen LogP contribution in [-0.4, -0.2) is 18.4 Å². The third kappa shape index (κ3) is 2.08. The van der Waals surface area contributed by atoms with Crippen LogP contribution in [0.1, 0.15) is 12.0 Å². The van der Waals surface area contributed by atoms with Crippen molar-refractivity contribution in [3.8, 4) is 0 Å². The average molecular weight is 233 g/mol. The zero-order valence-corrected chi connectivity index (χ0v) is 9.64. The summed E-state index contributed by atoms with van der Waals surface area (Å²) in [5.74, 6) is -0.914. The molecule has 1 fully saturated rings. The lowest BCUT2D eigenvalue weighted by Crippen LogP contribution is -2.28. The molecule has 90 valence electrons. The molecule has 0 bridgehead atoms. The van der Waals surface area contributed by atoms with Gasteiger partial charge >= 0.3 is 0 Å². The summed E-state index contributed by atoms with van der Waals surface area (Å²) < 4.78 is 0. The number of benzene rings is 1. The molecule has 1 aromatic rings. The molecule has 2 amide bonds. The zero-order valence-electron chi connectivity index (χ0n) is 9.64. The third-order valence-electron chi connectivity index (χ3n) is 3.10. The SMILES string of the molecule is Cc1ccc(N2C[C@@H](C(N)=O)CC2=O)cc1N. The summed E-state index contributed by atoms with van der Waals surface area (Å²) in [6, 6.07) is 5.43. The number of amides is 2. The molecule has 1 aliphatic rings. The molecule has 1 aliphatic heterocycles. The number of hydrogen-bond donors (Lipinski definition) is 2. The lowest BCUT2D eigenvalue weighted by atomic mass is 10.1. The highest BCUT2D eigenvalue weighted by Crippen LogP contribution is 2.27. The number of nitrogens with two attached hydrogens (primary N) is 2. The summed E-state index contributed by atoms with van der Waals surface area (Å²) in [4.78, 5) is 24.4. The molecule has 17 heavy (non-hydrogen) atoms. The number of rotatable bonds is 2. The van der Waals surface area contributed by atoms with Gasteiger partial charge in [-0.1, -0.05) is 6.07 Å². The van der Waals surface area contributed by atoms with Crippen molar-refractivity contribution < 1.29 is 9.59 Å². The smallest absolute Gasteiger partial charge is 0.227 e. The van der Waals surface area contributed by atoms with Crippen LogP contribution in [0.25, 0.3) is 0 Å². The van der Waals surface area contributed by atoms with Crippen LogP contribution in [0, 0.1) is 12.8 Å². The summed E-state index contributed by atoms with van der Waals surface area (Å²) in [5, 5.41) is 0. The summed E-state index contributed by atoms with van der Waals surface area (Å²) in [7, 11) is 0. The first-order valence-corrected chi connectivity index (χ1v) is 5.45. The quantitative estimate of drug-likeness (QED) is 0.725. The maximum Gasteiger partial charge on any atom is 0.227 e. The number of anilines is 2. The van der Waals surface area contributed by atoms with E-state index >= 15 is 0 Å². The molecule has 2 rings (SSSR count). The van der Waals surface area contributed by atoms with E-state index in [1.807, 2.05) is 19.1 Å². The first kappa shape index (κ1) is 11.4. The summed E-state index contributed by atoms with van der Waals surface area (Å²) in [6.07, 6.45) is 0.184. The topological polar surface area (TPSA) is 89.4 Å². The standard InChI is InChI=1S/C12H15N3O2/c1-7-2-3-9(5-10(7)13)15-6-8(12(14)17)4-11(15)16/h2-3,5,8H,4,6,13H2,1H3,(H2,14,17)/t8-/m0/s1. The van der Waals surface area contributed by atoms with Crippen molar-refractivity contribution in [2.75, 3.05) is 17.2 Å². The van der Waals surface area contributed by atoms with Gasteiger partial charge < -0.3 is 16.4 Å². The minimum absolute atomic E-state index is 0.0861. The van der Waals surface area contributed by atoms with Gasteiger partial charge in [0.1, 0.15) is 0 Å². The number of nitrogen functional groups attached to an aromatic ring is 1. The van der Waals surface area contributed by atoms with E-state index < -0.39 is 11.8 Å². The van der Waals surface area contributed by atoms with Crippen molar-refractivity contribution in [1.29, 1.82) is 0 Å². The molecular weight excluding hydrogens is 218 g/mol. The molecule has 0 aromatic heterocycles. The van der Waals surface area contributed by atoms with Gasteiger partial charge in [0.2, 0.25) is 11.8 Å². The second-order valence-corrected chi connectivity index (χ2v) is 4.35. The van der Waals surface area contributed by atoms with E-state index in [2.05, 4.69) is 0 Å². The fourth-order valence-electron chi connectivity index (χ4n) is 1.94. The van der Waals surface area contributed by atoms with Gasteiger partial charge in [0.25, 0.3) is 0 Å². The van der Waals surface area contributed by atoms with Gasteiger partial charge in [-0.05, 0) is 24.6 Å². The van der Waals surface area contributed by atoms with Crippen LogP contribution in [0.5, 0.6) is 0 Å². The Morgan fingerprint density at radius 2 is 2.18 bits per heavy atom. The van der Waals surface area contributed by atoms with Gasteiger partial charge in [0, 0.05) is 24.3 Å². The minimum atomic E-state index is -0.430. The third-order valence-corrected chi connectivity index (χ3v) is 3.10. The number of hydrogen-bond acceptors (Lipinski definition) is 3. The Labute approximate surface area is 99.4 Å². The highest BCUT2D eigenvalue weighted by atomic mass is 16.2. The lowest BCUT2D eigenvalue weighted by Gasteiger charge is -2.17. The second-order valence-electron chi connectivity index (χ2n) is 4.35. The fraction of sp³-hybridized carbons (Fsp3) is 0.333. The van der Waals surface area contributed by atoms with E-state index in [1.54, 1.807) is 11.0 Å². The van der Waals surface area contributed by atoms with Crippen LogP contribution in [-0.2, 0) is 9.59 Å². The molecule has 0 radical (unpaired) electrons. The molecule has 0 spiro atoms. The van der Waals surface area contributed by atoms with E-state index in [0.717, 1.165) is 11.3 Å². The Morgan fingerprint density at radius 3 is 2.71 bits per heavy atom. The number of carbonyl (C=O) groups is 2. The Bertz CT molecular complexity index is 485. The maximum atomic E-state index is 11.8. The zero-order chi connectivity index (χ0) is 12.6. The van der Waals surface area contributed by atoms with Crippen LogP contribution < -0.4 is 16.4 Å².